The van der Waals surface area contributed by atoms with Crippen molar-refractivity contribution in [1.29, 1.82) is 0 Å². The van der Waals surface area contributed by atoms with E-state index in [1.165, 1.54) is 38.5 Å². The number of hydrogen-bond acceptors (Lipinski definition) is 1. The molecule has 1 unspecified atom stereocenters. The van der Waals surface area contributed by atoms with Crippen LogP contribution in [0, 0.1) is 11.8 Å². The molecule has 0 saturated heterocycles. The van der Waals surface area contributed by atoms with E-state index in [9.17, 15) is 4.79 Å². The Balaban J connectivity index is 2.17. The van der Waals surface area contributed by atoms with Crippen molar-refractivity contribution in [3.05, 3.63) is 11.6 Å². The summed E-state index contributed by atoms with van der Waals surface area (Å²) in [4.78, 5) is 10.4. The van der Waals surface area contributed by atoms with Crippen molar-refractivity contribution in [2.45, 2.75) is 71.6 Å². The lowest BCUT2D eigenvalue weighted by atomic mass is 9.85. The summed E-state index contributed by atoms with van der Waals surface area (Å²) >= 11 is 0. The molecule has 0 spiro atoms. The average molecular weight is 236 g/mol. The Morgan fingerprint density at radius 2 is 2.00 bits per heavy atom. The van der Waals surface area contributed by atoms with E-state index in [-0.39, 0.29) is 0 Å². The van der Waals surface area contributed by atoms with E-state index in [1.807, 2.05) is 0 Å². The maximum absolute atomic E-state index is 10.4. The largest absolute Gasteiger partial charge is 0.303 e. The molecule has 0 radical (unpaired) electrons. The van der Waals surface area contributed by atoms with Gasteiger partial charge in [-0.1, -0.05) is 50.7 Å². The van der Waals surface area contributed by atoms with E-state index in [0.717, 1.165) is 31.5 Å². The van der Waals surface area contributed by atoms with Gasteiger partial charge in [-0.05, 0) is 38.0 Å². The summed E-state index contributed by atoms with van der Waals surface area (Å²) in [6.45, 7) is 4.44. The molecule has 1 saturated carbocycles. The highest BCUT2D eigenvalue weighted by atomic mass is 16.1. The molecule has 0 heterocycles. The molecule has 1 aliphatic rings. The van der Waals surface area contributed by atoms with Crippen molar-refractivity contribution in [3.63, 3.8) is 0 Å². The molecule has 0 aromatic heterocycles. The third-order valence-corrected chi connectivity index (χ3v) is 3.99. The Labute approximate surface area is 107 Å². The van der Waals surface area contributed by atoms with Crippen LogP contribution in [0.15, 0.2) is 11.6 Å². The normalized spacial score (nSPS) is 20.2. The van der Waals surface area contributed by atoms with Crippen LogP contribution in [0.1, 0.15) is 71.6 Å². The topological polar surface area (TPSA) is 17.1 Å². The van der Waals surface area contributed by atoms with Gasteiger partial charge in [-0.25, -0.2) is 0 Å². The van der Waals surface area contributed by atoms with E-state index < -0.39 is 0 Å². The molecule has 0 N–H and O–H groups in total. The zero-order chi connectivity index (χ0) is 12.5. The lowest BCUT2D eigenvalue weighted by molar-refractivity contribution is -0.108. The molecular weight excluding hydrogens is 208 g/mol. The van der Waals surface area contributed by atoms with Gasteiger partial charge in [0.15, 0.2) is 0 Å². The fourth-order valence-electron chi connectivity index (χ4n) is 2.83. The first kappa shape index (κ1) is 14.5. The average Bonchev–Trinajstić information content (AvgIpc) is 2.30. The van der Waals surface area contributed by atoms with Gasteiger partial charge in [0.2, 0.25) is 0 Å². The molecule has 0 amide bonds. The number of carbonyl (C=O) groups excluding carboxylic acids is 1. The number of carbonyl (C=O) groups is 1. The molecule has 1 heteroatoms. The summed E-state index contributed by atoms with van der Waals surface area (Å²) in [5, 5.41) is 0. The van der Waals surface area contributed by atoms with Crippen LogP contribution < -0.4 is 0 Å². The minimum absolute atomic E-state index is 0.547. The summed E-state index contributed by atoms with van der Waals surface area (Å²) in [6, 6.07) is 0. The Morgan fingerprint density at radius 1 is 1.29 bits per heavy atom. The summed E-state index contributed by atoms with van der Waals surface area (Å²) in [6.07, 6.45) is 15.0. The Morgan fingerprint density at radius 3 is 2.65 bits per heavy atom. The monoisotopic (exact) mass is 236 g/mol. The van der Waals surface area contributed by atoms with Crippen molar-refractivity contribution in [2.75, 3.05) is 0 Å². The minimum Gasteiger partial charge on any atom is -0.303 e. The zero-order valence-corrected chi connectivity index (χ0v) is 11.6. The van der Waals surface area contributed by atoms with E-state index in [2.05, 4.69) is 19.9 Å². The first-order chi connectivity index (χ1) is 8.22. The second-order valence-corrected chi connectivity index (χ2v) is 5.84. The van der Waals surface area contributed by atoms with Gasteiger partial charge in [-0.3, -0.25) is 0 Å². The van der Waals surface area contributed by atoms with Crippen molar-refractivity contribution < 1.29 is 4.79 Å². The molecule has 1 aliphatic carbocycles. The Kier molecular flexibility index (Phi) is 7.23. The van der Waals surface area contributed by atoms with Crippen LogP contribution in [0.25, 0.3) is 0 Å². The smallest absolute Gasteiger partial charge is 0.120 e. The molecular formula is C16H28O. The summed E-state index contributed by atoms with van der Waals surface area (Å²) < 4.78 is 0. The fourth-order valence-corrected chi connectivity index (χ4v) is 2.83. The first-order valence-corrected chi connectivity index (χ1v) is 7.31. The van der Waals surface area contributed by atoms with Gasteiger partial charge < -0.3 is 4.79 Å². The van der Waals surface area contributed by atoms with Crippen molar-refractivity contribution in [1.82, 2.24) is 0 Å². The van der Waals surface area contributed by atoms with Crippen LogP contribution in [-0.2, 0) is 4.79 Å². The van der Waals surface area contributed by atoms with Crippen LogP contribution in [-0.4, -0.2) is 6.29 Å². The van der Waals surface area contributed by atoms with E-state index in [4.69, 9.17) is 0 Å². The molecule has 1 atom stereocenters. The van der Waals surface area contributed by atoms with Gasteiger partial charge >= 0.3 is 0 Å². The predicted molar refractivity (Wildman–Crippen MR) is 74.0 cm³/mol. The maximum Gasteiger partial charge on any atom is 0.120 e. The predicted octanol–water partition coefficient (Wildman–Crippen LogP) is 4.91. The van der Waals surface area contributed by atoms with Crippen LogP contribution in [0.5, 0.6) is 0 Å². The van der Waals surface area contributed by atoms with E-state index in [1.54, 1.807) is 5.57 Å². The van der Waals surface area contributed by atoms with Crippen LogP contribution in [0.4, 0.5) is 0 Å². The molecule has 1 fully saturated rings. The van der Waals surface area contributed by atoms with Gasteiger partial charge in [0, 0.05) is 6.42 Å². The Hall–Kier alpha value is -0.590. The fraction of sp³-hybridized carbons (Fsp3) is 0.812. The number of allylic oxidation sites excluding steroid dienone is 2. The third kappa shape index (κ3) is 6.65. The third-order valence-electron chi connectivity index (χ3n) is 3.99. The van der Waals surface area contributed by atoms with E-state index in [0.29, 0.717) is 5.92 Å². The minimum atomic E-state index is 0.547. The zero-order valence-electron chi connectivity index (χ0n) is 11.6. The van der Waals surface area contributed by atoms with Gasteiger partial charge in [0.25, 0.3) is 0 Å². The molecule has 17 heavy (non-hydrogen) atoms. The van der Waals surface area contributed by atoms with Crippen molar-refractivity contribution in [3.8, 4) is 0 Å². The maximum atomic E-state index is 10.4. The summed E-state index contributed by atoms with van der Waals surface area (Å²) in [7, 11) is 0. The first-order valence-electron chi connectivity index (χ1n) is 7.31. The van der Waals surface area contributed by atoms with Crippen LogP contribution in [0.2, 0.25) is 0 Å². The lowest BCUT2D eigenvalue weighted by Crippen LogP contribution is -2.06. The van der Waals surface area contributed by atoms with Gasteiger partial charge in [0.1, 0.15) is 6.29 Å². The van der Waals surface area contributed by atoms with Crippen LogP contribution in [0.3, 0.4) is 0 Å². The molecule has 0 bridgehead atoms. The van der Waals surface area contributed by atoms with Crippen LogP contribution >= 0.6 is 0 Å². The van der Waals surface area contributed by atoms with Gasteiger partial charge in [0.05, 0.1) is 0 Å². The molecule has 98 valence electrons. The molecule has 1 nitrogen and oxygen atoms in total. The number of hydrogen-bond donors (Lipinski definition) is 0. The molecule has 0 aromatic rings. The standard InChI is InChI=1S/C16H28O/c1-14(11-12-17)7-6-8-15(2)13-16-9-4-3-5-10-16/h8,12,14,16H,3-7,9-11,13H2,1-2H3/b15-8-. The highest BCUT2D eigenvalue weighted by Crippen LogP contribution is 2.29. The number of rotatable bonds is 7. The number of aldehydes is 1. The highest BCUT2D eigenvalue weighted by Gasteiger charge is 2.13. The van der Waals surface area contributed by atoms with Crippen molar-refractivity contribution in [2.24, 2.45) is 11.8 Å². The lowest BCUT2D eigenvalue weighted by Gasteiger charge is -2.21. The second kappa shape index (κ2) is 8.49. The highest BCUT2D eigenvalue weighted by molar-refractivity contribution is 5.49. The van der Waals surface area contributed by atoms with E-state index >= 15 is 0 Å². The second-order valence-electron chi connectivity index (χ2n) is 5.84. The molecule has 0 aliphatic heterocycles. The SMILES string of the molecule is C/C(=C/CCC(C)CC=O)CC1CCCCC1. The van der Waals surface area contributed by atoms with Gasteiger partial charge in [-0.15, -0.1) is 0 Å². The molecule has 0 aromatic carbocycles. The van der Waals surface area contributed by atoms with Gasteiger partial charge in [-0.2, -0.15) is 0 Å². The van der Waals surface area contributed by atoms with Crippen molar-refractivity contribution >= 4 is 6.29 Å². The quantitative estimate of drug-likeness (QED) is 0.453. The summed E-state index contributed by atoms with van der Waals surface area (Å²) in [5.41, 5.74) is 1.57. The summed E-state index contributed by atoms with van der Waals surface area (Å²) in [5.74, 6) is 1.50. The Bertz CT molecular complexity index is 236. The molecule has 1 rings (SSSR count).